The predicted molar refractivity (Wildman–Crippen MR) is 79.8 cm³/mol. The van der Waals surface area contributed by atoms with Crippen molar-refractivity contribution in [2.75, 3.05) is 26.7 Å². The van der Waals surface area contributed by atoms with E-state index in [1.807, 2.05) is 19.1 Å². The Morgan fingerprint density at radius 3 is 2.53 bits per heavy atom. The Kier molecular flexibility index (Phi) is 5.95. The van der Waals surface area contributed by atoms with Crippen molar-refractivity contribution in [1.29, 1.82) is 0 Å². The van der Waals surface area contributed by atoms with Crippen molar-refractivity contribution in [2.24, 2.45) is 11.1 Å². The van der Waals surface area contributed by atoms with Gasteiger partial charge in [-0.2, -0.15) is 0 Å². The minimum Gasteiger partial charge on any atom is -0.330 e. The van der Waals surface area contributed by atoms with Crippen LogP contribution in [0.1, 0.15) is 31.4 Å². The van der Waals surface area contributed by atoms with Crippen LogP contribution in [0.4, 0.5) is 4.39 Å². The highest BCUT2D eigenvalue weighted by Gasteiger charge is 2.15. The summed E-state index contributed by atoms with van der Waals surface area (Å²) in [5, 5.41) is 0. The molecule has 0 spiro atoms. The first kappa shape index (κ1) is 16.1. The molecule has 2 nitrogen and oxygen atoms in total. The largest absolute Gasteiger partial charge is 0.330 e. The summed E-state index contributed by atoms with van der Waals surface area (Å²) in [5.41, 5.74) is 7.87. The molecule has 1 aromatic carbocycles. The van der Waals surface area contributed by atoms with E-state index in [4.69, 9.17) is 5.73 Å². The van der Waals surface area contributed by atoms with E-state index in [0.29, 0.717) is 0 Å². The standard InChI is InChI=1S/C16H27FN2/c1-13-11-14(5-6-15(13)17)7-9-19(4)10-8-16(2,3)12-18/h5-6,11H,7-10,12,18H2,1-4H3. The van der Waals surface area contributed by atoms with Crippen LogP contribution in [0.25, 0.3) is 0 Å². The van der Waals surface area contributed by atoms with Gasteiger partial charge in [-0.3, -0.25) is 0 Å². The summed E-state index contributed by atoms with van der Waals surface area (Å²) in [6.45, 7) is 8.97. The summed E-state index contributed by atoms with van der Waals surface area (Å²) < 4.78 is 13.2. The number of rotatable bonds is 7. The summed E-state index contributed by atoms with van der Waals surface area (Å²) in [4.78, 5) is 2.32. The zero-order valence-corrected chi connectivity index (χ0v) is 12.7. The van der Waals surface area contributed by atoms with E-state index < -0.39 is 0 Å². The van der Waals surface area contributed by atoms with Crippen LogP contribution in [-0.2, 0) is 6.42 Å². The lowest BCUT2D eigenvalue weighted by Gasteiger charge is -2.26. The van der Waals surface area contributed by atoms with Crippen LogP contribution >= 0.6 is 0 Å². The minimum atomic E-state index is -0.123. The molecule has 0 heterocycles. The molecule has 1 aromatic rings. The van der Waals surface area contributed by atoms with E-state index in [-0.39, 0.29) is 11.2 Å². The Morgan fingerprint density at radius 1 is 1.26 bits per heavy atom. The van der Waals surface area contributed by atoms with Gasteiger partial charge in [0.2, 0.25) is 0 Å². The number of likely N-dealkylation sites (N-methyl/N-ethyl adjacent to an activating group) is 1. The molecule has 1 rings (SSSR count). The van der Waals surface area contributed by atoms with Crippen molar-refractivity contribution >= 4 is 0 Å². The van der Waals surface area contributed by atoms with E-state index >= 15 is 0 Å². The fourth-order valence-corrected chi connectivity index (χ4v) is 1.89. The quantitative estimate of drug-likeness (QED) is 0.822. The van der Waals surface area contributed by atoms with Gasteiger partial charge in [0.15, 0.2) is 0 Å². The highest BCUT2D eigenvalue weighted by Crippen LogP contribution is 2.18. The van der Waals surface area contributed by atoms with Crippen molar-refractivity contribution in [3.63, 3.8) is 0 Å². The molecule has 0 bridgehead atoms. The number of halogens is 1. The third-order valence-electron chi connectivity index (χ3n) is 3.73. The lowest BCUT2D eigenvalue weighted by atomic mass is 9.89. The van der Waals surface area contributed by atoms with Crippen LogP contribution in [0.5, 0.6) is 0 Å². The molecule has 0 atom stereocenters. The van der Waals surface area contributed by atoms with E-state index in [0.717, 1.165) is 38.0 Å². The van der Waals surface area contributed by atoms with Gasteiger partial charge in [-0.05, 0) is 62.5 Å². The van der Waals surface area contributed by atoms with Crippen LogP contribution in [0, 0.1) is 18.2 Å². The van der Waals surface area contributed by atoms with E-state index in [1.165, 1.54) is 5.56 Å². The lowest BCUT2D eigenvalue weighted by molar-refractivity contribution is 0.255. The van der Waals surface area contributed by atoms with Gasteiger partial charge < -0.3 is 10.6 Å². The molecule has 0 saturated heterocycles. The number of benzene rings is 1. The van der Waals surface area contributed by atoms with E-state index in [9.17, 15) is 4.39 Å². The molecule has 108 valence electrons. The topological polar surface area (TPSA) is 29.3 Å². The number of nitrogens with two attached hydrogens (primary N) is 1. The first-order chi connectivity index (χ1) is 8.84. The highest BCUT2D eigenvalue weighted by molar-refractivity contribution is 5.24. The molecule has 0 amide bonds. The molecular formula is C16H27FN2. The molecular weight excluding hydrogens is 239 g/mol. The van der Waals surface area contributed by atoms with Crippen LogP contribution in [0.3, 0.4) is 0 Å². The Labute approximate surface area is 116 Å². The normalized spacial score (nSPS) is 12.2. The first-order valence-electron chi connectivity index (χ1n) is 6.98. The van der Waals surface area contributed by atoms with Crippen LogP contribution in [0.15, 0.2) is 18.2 Å². The SMILES string of the molecule is Cc1cc(CCN(C)CCC(C)(C)CN)ccc1F. The fraction of sp³-hybridized carbons (Fsp3) is 0.625. The maximum absolute atomic E-state index is 13.2. The van der Waals surface area contributed by atoms with E-state index in [1.54, 1.807) is 6.07 Å². The fourth-order valence-electron chi connectivity index (χ4n) is 1.89. The summed E-state index contributed by atoms with van der Waals surface area (Å²) >= 11 is 0. The number of hydrogen-bond acceptors (Lipinski definition) is 2. The summed E-state index contributed by atoms with van der Waals surface area (Å²) in [6.07, 6.45) is 2.06. The molecule has 0 unspecified atom stereocenters. The van der Waals surface area contributed by atoms with Gasteiger partial charge in [0, 0.05) is 6.54 Å². The van der Waals surface area contributed by atoms with Crippen molar-refractivity contribution in [3.05, 3.63) is 35.1 Å². The Hall–Kier alpha value is -0.930. The highest BCUT2D eigenvalue weighted by atomic mass is 19.1. The molecule has 0 aromatic heterocycles. The summed E-state index contributed by atoms with van der Waals surface area (Å²) in [7, 11) is 2.13. The Bertz CT molecular complexity index is 402. The maximum atomic E-state index is 13.2. The Balaban J connectivity index is 2.37. The smallest absolute Gasteiger partial charge is 0.126 e. The monoisotopic (exact) mass is 266 g/mol. The maximum Gasteiger partial charge on any atom is 0.126 e. The second kappa shape index (κ2) is 7.01. The zero-order chi connectivity index (χ0) is 14.5. The summed E-state index contributed by atoms with van der Waals surface area (Å²) in [5.74, 6) is -0.123. The van der Waals surface area contributed by atoms with Crippen LogP contribution in [0.2, 0.25) is 0 Å². The summed E-state index contributed by atoms with van der Waals surface area (Å²) in [6, 6.07) is 5.37. The molecule has 0 aliphatic carbocycles. The second-order valence-corrected chi connectivity index (χ2v) is 6.26. The minimum absolute atomic E-state index is 0.123. The molecule has 0 radical (unpaired) electrons. The van der Waals surface area contributed by atoms with Gasteiger partial charge in [0.1, 0.15) is 5.82 Å². The zero-order valence-electron chi connectivity index (χ0n) is 12.7. The van der Waals surface area contributed by atoms with Crippen molar-refractivity contribution < 1.29 is 4.39 Å². The van der Waals surface area contributed by atoms with Crippen LogP contribution in [-0.4, -0.2) is 31.6 Å². The number of nitrogens with zero attached hydrogens (tertiary/aromatic N) is 1. The van der Waals surface area contributed by atoms with Gasteiger partial charge in [-0.15, -0.1) is 0 Å². The molecule has 0 fully saturated rings. The van der Waals surface area contributed by atoms with Gasteiger partial charge in [0.05, 0.1) is 0 Å². The molecule has 3 heteroatoms. The number of hydrogen-bond donors (Lipinski definition) is 1. The third-order valence-corrected chi connectivity index (χ3v) is 3.73. The van der Waals surface area contributed by atoms with Gasteiger partial charge >= 0.3 is 0 Å². The Morgan fingerprint density at radius 2 is 1.95 bits per heavy atom. The average Bonchev–Trinajstić information content (AvgIpc) is 2.38. The molecule has 0 aliphatic heterocycles. The van der Waals surface area contributed by atoms with Crippen LogP contribution < -0.4 is 5.73 Å². The first-order valence-corrected chi connectivity index (χ1v) is 6.98. The van der Waals surface area contributed by atoms with Crippen molar-refractivity contribution in [3.8, 4) is 0 Å². The molecule has 0 aliphatic rings. The van der Waals surface area contributed by atoms with E-state index in [2.05, 4.69) is 25.8 Å². The number of aryl methyl sites for hydroxylation is 1. The van der Waals surface area contributed by atoms with Gasteiger partial charge in [-0.1, -0.05) is 26.0 Å². The van der Waals surface area contributed by atoms with Crippen molar-refractivity contribution in [1.82, 2.24) is 4.90 Å². The molecule has 0 saturated carbocycles. The molecule has 2 N–H and O–H groups in total. The van der Waals surface area contributed by atoms with Gasteiger partial charge in [0.25, 0.3) is 0 Å². The second-order valence-electron chi connectivity index (χ2n) is 6.26. The third kappa shape index (κ3) is 5.70. The van der Waals surface area contributed by atoms with Gasteiger partial charge in [-0.25, -0.2) is 4.39 Å². The lowest BCUT2D eigenvalue weighted by Crippen LogP contribution is -2.30. The predicted octanol–water partition coefficient (Wildman–Crippen LogP) is 2.98. The molecule has 19 heavy (non-hydrogen) atoms. The van der Waals surface area contributed by atoms with Crippen molar-refractivity contribution in [2.45, 2.75) is 33.6 Å². The average molecular weight is 266 g/mol.